The van der Waals surface area contributed by atoms with E-state index in [1.54, 1.807) is 0 Å². The smallest absolute Gasteiger partial charge is 0.258 e. The summed E-state index contributed by atoms with van der Waals surface area (Å²) in [6.07, 6.45) is 1.37. The Morgan fingerprint density at radius 3 is 2.47 bits per heavy atom. The van der Waals surface area contributed by atoms with E-state index in [0.29, 0.717) is 38.4 Å². The summed E-state index contributed by atoms with van der Waals surface area (Å²) in [7, 11) is 0. The van der Waals surface area contributed by atoms with Crippen LogP contribution in [0.1, 0.15) is 25.3 Å². The fraction of sp³-hybridized carbons (Fsp3) is 0.250. The lowest BCUT2D eigenvalue weighted by Crippen LogP contribution is -2.42. The van der Waals surface area contributed by atoms with E-state index in [9.17, 15) is 4.79 Å². The molecule has 180 valence electrons. The highest BCUT2D eigenvalue weighted by molar-refractivity contribution is 6.08. The molecule has 0 saturated carbocycles. The molecule has 3 heterocycles. The van der Waals surface area contributed by atoms with Gasteiger partial charge in [0.15, 0.2) is 5.54 Å². The number of nitrogens with one attached hydrogen (secondary N) is 1. The van der Waals surface area contributed by atoms with Crippen molar-refractivity contribution in [3.05, 3.63) is 78.4 Å². The van der Waals surface area contributed by atoms with E-state index in [4.69, 9.17) is 9.73 Å². The maximum Gasteiger partial charge on any atom is 0.258 e. The zero-order valence-electron chi connectivity index (χ0n) is 20.0. The van der Waals surface area contributed by atoms with Gasteiger partial charge in [0, 0.05) is 25.0 Å². The molecule has 1 atom stereocenters. The van der Waals surface area contributed by atoms with Gasteiger partial charge in [0.25, 0.3) is 5.91 Å². The van der Waals surface area contributed by atoms with Gasteiger partial charge in [-0.05, 0) is 45.2 Å². The number of carbonyl (C=O) groups excluding carboxylic acids is 1. The molecular weight excluding hydrogens is 452 g/mol. The first-order valence-electron chi connectivity index (χ1n) is 12.2. The van der Waals surface area contributed by atoms with Gasteiger partial charge >= 0.3 is 0 Å². The maximum atomic E-state index is 13.2. The highest BCUT2D eigenvalue weighted by Gasteiger charge is 2.50. The van der Waals surface area contributed by atoms with Crippen LogP contribution in [0.15, 0.2) is 77.8 Å². The molecule has 0 aliphatic carbocycles. The monoisotopic (exact) mass is 478 g/mol. The van der Waals surface area contributed by atoms with Crippen LogP contribution in [-0.2, 0) is 16.1 Å². The van der Waals surface area contributed by atoms with Gasteiger partial charge in [-0.3, -0.25) is 14.7 Å². The van der Waals surface area contributed by atoms with Crippen LogP contribution >= 0.6 is 0 Å². The van der Waals surface area contributed by atoms with E-state index in [2.05, 4.69) is 69.2 Å². The van der Waals surface area contributed by atoms with Crippen LogP contribution in [-0.4, -0.2) is 56.0 Å². The minimum atomic E-state index is -0.720. The number of H-pyrrole nitrogens is 1. The van der Waals surface area contributed by atoms with Crippen molar-refractivity contribution in [3.63, 3.8) is 0 Å². The lowest BCUT2D eigenvalue weighted by molar-refractivity contribution is -0.131. The minimum Gasteiger partial charge on any atom is -0.378 e. The third-order valence-corrected chi connectivity index (χ3v) is 6.93. The number of benzene rings is 3. The van der Waals surface area contributed by atoms with E-state index < -0.39 is 5.54 Å². The number of hydrogen-bond donors (Lipinski definition) is 1. The summed E-state index contributed by atoms with van der Waals surface area (Å²) >= 11 is 0. The van der Waals surface area contributed by atoms with Gasteiger partial charge in [-0.2, -0.15) is 5.21 Å². The molecule has 0 bridgehead atoms. The average molecular weight is 479 g/mol. The van der Waals surface area contributed by atoms with Gasteiger partial charge in [-0.15, -0.1) is 10.2 Å². The van der Waals surface area contributed by atoms with Gasteiger partial charge < -0.3 is 4.74 Å². The molecule has 1 spiro atoms. The van der Waals surface area contributed by atoms with E-state index in [-0.39, 0.29) is 5.91 Å². The lowest BCUT2D eigenvalue weighted by atomic mass is 9.93. The van der Waals surface area contributed by atoms with Gasteiger partial charge in [0.1, 0.15) is 5.84 Å². The SMILES string of the molecule is CCC1=NC2(CCOC2)C(=O)N1Cc1ccc(-c2cc(-c3ccccc3)ccc2-c2nn[nH]n2)cc1. The van der Waals surface area contributed by atoms with E-state index in [1.807, 2.05) is 36.1 Å². The fourth-order valence-corrected chi connectivity index (χ4v) is 5.00. The molecule has 1 saturated heterocycles. The summed E-state index contributed by atoms with van der Waals surface area (Å²) < 4.78 is 5.52. The Morgan fingerprint density at radius 2 is 1.78 bits per heavy atom. The molecule has 1 aromatic heterocycles. The Morgan fingerprint density at radius 1 is 0.972 bits per heavy atom. The molecule has 1 amide bonds. The molecule has 2 aliphatic heterocycles. The van der Waals surface area contributed by atoms with Crippen LogP contribution in [0, 0.1) is 0 Å². The van der Waals surface area contributed by atoms with Crippen LogP contribution in [0.25, 0.3) is 33.6 Å². The van der Waals surface area contributed by atoms with Crippen molar-refractivity contribution in [2.75, 3.05) is 13.2 Å². The van der Waals surface area contributed by atoms with Crippen LogP contribution in [0.5, 0.6) is 0 Å². The second kappa shape index (κ2) is 9.13. The Balaban J connectivity index is 1.32. The molecule has 36 heavy (non-hydrogen) atoms. The quantitative estimate of drug-likeness (QED) is 0.440. The van der Waals surface area contributed by atoms with E-state index in [1.165, 1.54) is 0 Å². The average Bonchev–Trinajstić information content (AvgIpc) is 3.69. The first-order valence-corrected chi connectivity index (χ1v) is 12.2. The van der Waals surface area contributed by atoms with Crippen molar-refractivity contribution >= 4 is 11.7 Å². The number of carbonyl (C=O) groups is 1. The normalized spacial score (nSPS) is 19.3. The summed E-state index contributed by atoms with van der Waals surface area (Å²) in [6, 6.07) is 24.8. The van der Waals surface area contributed by atoms with Crippen molar-refractivity contribution in [2.45, 2.75) is 31.8 Å². The first kappa shape index (κ1) is 22.3. The number of aliphatic imine (C=N–C) groups is 1. The zero-order chi connectivity index (χ0) is 24.5. The molecule has 1 fully saturated rings. The second-order valence-electron chi connectivity index (χ2n) is 9.17. The molecule has 1 N–H and O–H groups in total. The molecule has 8 nitrogen and oxygen atoms in total. The Labute approximate surface area is 209 Å². The number of nitrogens with zero attached hydrogens (tertiary/aromatic N) is 5. The highest BCUT2D eigenvalue weighted by atomic mass is 16.5. The molecule has 1 unspecified atom stereocenters. The van der Waals surface area contributed by atoms with Gasteiger partial charge in [0.2, 0.25) is 5.82 Å². The third kappa shape index (κ3) is 3.89. The standard InChI is InChI=1S/C28H26N6O2/c1-2-25-29-28(14-15-36-18-28)27(35)34(25)17-19-8-10-21(11-9-19)24-16-22(20-6-4-3-5-7-20)12-13-23(24)26-30-32-33-31-26/h3-13,16H,2,14-15,17-18H2,1H3,(H,30,31,32,33). The van der Waals surface area contributed by atoms with Crippen molar-refractivity contribution in [2.24, 2.45) is 4.99 Å². The predicted molar refractivity (Wildman–Crippen MR) is 137 cm³/mol. The highest BCUT2D eigenvalue weighted by Crippen LogP contribution is 2.36. The molecule has 4 aromatic rings. The number of tetrazole rings is 1. The fourth-order valence-electron chi connectivity index (χ4n) is 5.00. The molecule has 3 aromatic carbocycles. The maximum absolute atomic E-state index is 13.2. The van der Waals surface area contributed by atoms with Crippen molar-refractivity contribution in [1.82, 2.24) is 25.5 Å². The van der Waals surface area contributed by atoms with Crippen LogP contribution in [0.4, 0.5) is 0 Å². The summed E-state index contributed by atoms with van der Waals surface area (Å²) in [5.74, 6) is 1.43. The largest absolute Gasteiger partial charge is 0.378 e. The molecular formula is C28H26N6O2. The number of hydrogen-bond acceptors (Lipinski definition) is 6. The van der Waals surface area contributed by atoms with Crippen LogP contribution in [0.3, 0.4) is 0 Å². The Bertz CT molecular complexity index is 1410. The Hall–Kier alpha value is -4.17. The molecule has 6 rings (SSSR count). The third-order valence-electron chi connectivity index (χ3n) is 6.93. The molecule has 0 radical (unpaired) electrons. The second-order valence-corrected chi connectivity index (χ2v) is 9.17. The first-order chi connectivity index (χ1) is 17.7. The summed E-state index contributed by atoms with van der Waals surface area (Å²) in [5, 5.41) is 14.7. The number of aromatic nitrogens is 4. The number of aromatic amines is 1. The predicted octanol–water partition coefficient (Wildman–Crippen LogP) is 4.51. The van der Waals surface area contributed by atoms with Gasteiger partial charge in [-0.1, -0.05) is 67.6 Å². The number of amidine groups is 1. The van der Waals surface area contributed by atoms with E-state index in [0.717, 1.165) is 39.2 Å². The lowest BCUT2D eigenvalue weighted by Gasteiger charge is -2.21. The summed E-state index contributed by atoms with van der Waals surface area (Å²) in [5.41, 5.74) is 5.52. The van der Waals surface area contributed by atoms with Crippen molar-refractivity contribution < 1.29 is 9.53 Å². The number of rotatable bonds is 6. The van der Waals surface area contributed by atoms with Crippen molar-refractivity contribution in [3.8, 4) is 33.6 Å². The minimum absolute atomic E-state index is 0.0517. The number of amides is 1. The van der Waals surface area contributed by atoms with Crippen LogP contribution < -0.4 is 0 Å². The number of ether oxygens (including phenoxy) is 1. The summed E-state index contributed by atoms with van der Waals surface area (Å²) in [6.45, 7) is 3.49. The summed E-state index contributed by atoms with van der Waals surface area (Å²) in [4.78, 5) is 19.9. The van der Waals surface area contributed by atoms with Gasteiger partial charge in [0.05, 0.1) is 13.2 Å². The van der Waals surface area contributed by atoms with Crippen LogP contribution in [0.2, 0.25) is 0 Å². The Kier molecular flexibility index (Phi) is 5.65. The van der Waals surface area contributed by atoms with Crippen molar-refractivity contribution in [1.29, 1.82) is 0 Å². The topological polar surface area (TPSA) is 96.4 Å². The zero-order valence-corrected chi connectivity index (χ0v) is 20.0. The molecule has 2 aliphatic rings. The van der Waals surface area contributed by atoms with E-state index >= 15 is 0 Å². The molecule has 8 heteroatoms. The van der Waals surface area contributed by atoms with Gasteiger partial charge in [-0.25, -0.2) is 0 Å².